The Labute approximate surface area is 91.1 Å². The Kier molecular flexibility index (Phi) is 3.06. The molecule has 0 saturated carbocycles. The molecule has 1 aromatic rings. The highest BCUT2D eigenvalue weighted by atomic mass is 32.1. The van der Waals surface area contributed by atoms with E-state index in [0.29, 0.717) is 12.1 Å². The molecule has 90 valence electrons. The molecule has 1 N–H and O–H groups in total. The normalized spacial score (nSPS) is 12.9. The van der Waals surface area contributed by atoms with E-state index >= 15 is 0 Å². The largest absolute Gasteiger partial charge is 0.507 e. The van der Waals surface area contributed by atoms with Crippen LogP contribution in [-0.2, 0) is 12.4 Å². The van der Waals surface area contributed by atoms with Gasteiger partial charge in [-0.15, -0.1) is 12.6 Å². The third-order valence-electron chi connectivity index (χ3n) is 1.74. The second-order valence-corrected chi connectivity index (χ2v) is 3.30. The summed E-state index contributed by atoms with van der Waals surface area (Å²) in [4.78, 5) is -1.33. The van der Waals surface area contributed by atoms with Gasteiger partial charge in [-0.2, -0.15) is 26.3 Å². The van der Waals surface area contributed by atoms with E-state index in [1.165, 1.54) is 0 Å². The van der Waals surface area contributed by atoms with Crippen LogP contribution in [0.25, 0.3) is 0 Å². The first kappa shape index (κ1) is 13.0. The number of alkyl halides is 6. The molecule has 8 heteroatoms. The highest BCUT2D eigenvalue weighted by Crippen LogP contribution is 2.45. The third kappa shape index (κ3) is 2.37. The van der Waals surface area contributed by atoms with E-state index in [1.807, 2.05) is 0 Å². The zero-order valence-electron chi connectivity index (χ0n) is 7.32. The minimum atomic E-state index is -5.09. The van der Waals surface area contributed by atoms with Crippen LogP contribution in [0, 0.1) is 0 Å². The second kappa shape index (κ2) is 3.76. The summed E-state index contributed by atoms with van der Waals surface area (Å²) in [5.74, 6) is -1.29. The maximum Gasteiger partial charge on any atom is 0.421 e. The van der Waals surface area contributed by atoms with Crippen molar-refractivity contribution in [2.24, 2.45) is 0 Å². The van der Waals surface area contributed by atoms with Gasteiger partial charge in [0.25, 0.3) is 0 Å². The first-order chi connectivity index (χ1) is 7.05. The Hall–Kier alpha value is -1.05. The lowest BCUT2D eigenvalue weighted by molar-refractivity contribution is -0.148. The number of aromatic hydroxyl groups is 1. The van der Waals surface area contributed by atoms with Gasteiger partial charge < -0.3 is 5.11 Å². The molecule has 0 aromatic heterocycles. The first-order valence-corrected chi connectivity index (χ1v) is 4.19. The van der Waals surface area contributed by atoms with Crippen LogP contribution < -0.4 is 0 Å². The Morgan fingerprint density at radius 1 is 0.938 bits per heavy atom. The summed E-state index contributed by atoms with van der Waals surface area (Å²) < 4.78 is 73.7. The molecule has 1 rings (SSSR count). The van der Waals surface area contributed by atoms with Crippen molar-refractivity contribution in [3.05, 3.63) is 23.3 Å². The molecular formula is C8H4F6OS. The second-order valence-electron chi connectivity index (χ2n) is 2.85. The fourth-order valence-electron chi connectivity index (χ4n) is 1.09. The highest BCUT2D eigenvalue weighted by molar-refractivity contribution is 7.80. The molecule has 0 heterocycles. The number of halogens is 6. The molecule has 0 aliphatic heterocycles. The maximum atomic E-state index is 12.3. The lowest BCUT2D eigenvalue weighted by Gasteiger charge is -2.16. The van der Waals surface area contributed by atoms with E-state index in [-0.39, 0.29) is 0 Å². The molecule has 1 aromatic carbocycles. The fraction of sp³-hybridized carbons (Fsp3) is 0.250. The van der Waals surface area contributed by atoms with Crippen molar-refractivity contribution in [3.63, 3.8) is 0 Å². The van der Waals surface area contributed by atoms with Gasteiger partial charge in [-0.3, -0.25) is 0 Å². The van der Waals surface area contributed by atoms with E-state index in [0.717, 1.165) is 0 Å². The van der Waals surface area contributed by atoms with Crippen molar-refractivity contribution in [3.8, 4) is 5.75 Å². The number of phenolic OH excluding ortho intramolecular Hbond substituents is 1. The SMILES string of the molecule is Oc1ccc(C(F)(F)F)c(S)c1C(F)(F)F. The maximum absolute atomic E-state index is 12.3. The van der Waals surface area contributed by atoms with E-state index in [1.54, 1.807) is 0 Å². The quantitative estimate of drug-likeness (QED) is 0.539. The molecule has 0 radical (unpaired) electrons. The molecule has 0 bridgehead atoms. The third-order valence-corrected chi connectivity index (χ3v) is 2.21. The van der Waals surface area contributed by atoms with Crippen molar-refractivity contribution in [1.29, 1.82) is 0 Å². The van der Waals surface area contributed by atoms with Crippen molar-refractivity contribution in [1.82, 2.24) is 0 Å². The van der Waals surface area contributed by atoms with Crippen LogP contribution in [0.5, 0.6) is 5.75 Å². The van der Waals surface area contributed by atoms with E-state index in [4.69, 9.17) is 5.11 Å². The fourth-order valence-corrected chi connectivity index (χ4v) is 1.53. The highest BCUT2D eigenvalue weighted by Gasteiger charge is 2.41. The molecular weight excluding hydrogens is 258 g/mol. The van der Waals surface area contributed by atoms with Gasteiger partial charge in [0.15, 0.2) is 0 Å². The molecule has 16 heavy (non-hydrogen) atoms. The van der Waals surface area contributed by atoms with Crippen molar-refractivity contribution < 1.29 is 31.4 Å². The zero-order chi connectivity index (χ0) is 12.7. The summed E-state index contributed by atoms with van der Waals surface area (Å²) in [6.45, 7) is 0. The number of phenols is 1. The Morgan fingerprint density at radius 2 is 1.44 bits per heavy atom. The van der Waals surface area contributed by atoms with E-state index in [9.17, 15) is 26.3 Å². The average Bonchev–Trinajstić information content (AvgIpc) is 1.97. The summed E-state index contributed by atoms with van der Waals surface area (Å²) >= 11 is 3.17. The van der Waals surface area contributed by atoms with Crippen LogP contribution in [0.15, 0.2) is 17.0 Å². The van der Waals surface area contributed by atoms with Gasteiger partial charge in [0.2, 0.25) is 0 Å². The predicted octanol–water partition coefficient (Wildman–Crippen LogP) is 3.72. The number of hydrogen-bond donors (Lipinski definition) is 2. The van der Waals surface area contributed by atoms with Crippen LogP contribution in [0.3, 0.4) is 0 Å². The van der Waals surface area contributed by atoms with Crippen LogP contribution in [0.2, 0.25) is 0 Å². The summed E-state index contributed by atoms with van der Waals surface area (Å²) in [5, 5.41) is 8.88. The minimum Gasteiger partial charge on any atom is -0.507 e. The zero-order valence-corrected chi connectivity index (χ0v) is 8.21. The van der Waals surface area contributed by atoms with Gasteiger partial charge >= 0.3 is 12.4 Å². The molecule has 0 aliphatic carbocycles. The summed E-state index contributed by atoms with van der Waals surface area (Å²) in [7, 11) is 0. The predicted molar refractivity (Wildman–Crippen MR) is 45.4 cm³/mol. The van der Waals surface area contributed by atoms with Crippen LogP contribution in [0.4, 0.5) is 26.3 Å². The smallest absolute Gasteiger partial charge is 0.421 e. The van der Waals surface area contributed by atoms with Gasteiger partial charge in [0, 0.05) is 4.90 Å². The molecule has 0 fully saturated rings. The molecule has 1 nitrogen and oxygen atoms in total. The van der Waals surface area contributed by atoms with Crippen molar-refractivity contribution in [2.45, 2.75) is 17.2 Å². The standard InChI is InChI=1S/C8H4F6OS/c9-7(10,11)3-1-2-4(15)5(6(3)16)8(12,13)14/h1-2,15-16H. The molecule has 0 saturated heterocycles. The lowest BCUT2D eigenvalue weighted by atomic mass is 10.1. The number of hydrogen-bond acceptors (Lipinski definition) is 2. The van der Waals surface area contributed by atoms with Crippen LogP contribution in [0.1, 0.15) is 11.1 Å². The summed E-state index contributed by atoms with van der Waals surface area (Å²) in [6.07, 6.45) is -10.0. The summed E-state index contributed by atoms with van der Waals surface area (Å²) in [5.41, 5.74) is -3.33. The van der Waals surface area contributed by atoms with Crippen molar-refractivity contribution >= 4 is 12.6 Å². The number of thiol groups is 1. The molecule has 0 aliphatic rings. The van der Waals surface area contributed by atoms with Crippen LogP contribution >= 0.6 is 12.6 Å². The Balaban J connectivity index is 3.52. The Bertz CT molecular complexity index is 408. The van der Waals surface area contributed by atoms with E-state index in [2.05, 4.69) is 12.6 Å². The molecule has 0 spiro atoms. The molecule has 0 atom stereocenters. The van der Waals surface area contributed by atoms with Crippen molar-refractivity contribution in [2.75, 3.05) is 0 Å². The molecule has 0 amide bonds. The van der Waals surface area contributed by atoms with Gasteiger partial charge in [0.1, 0.15) is 11.3 Å². The average molecular weight is 262 g/mol. The van der Waals surface area contributed by atoms with Crippen LogP contribution in [-0.4, -0.2) is 5.11 Å². The number of rotatable bonds is 0. The monoisotopic (exact) mass is 262 g/mol. The minimum absolute atomic E-state index is 0.339. The van der Waals surface area contributed by atoms with E-state index < -0.39 is 34.1 Å². The molecule has 0 unspecified atom stereocenters. The van der Waals surface area contributed by atoms with Gasteiger partial charge in [-0.25, -0.2) is 0 Å². The van der Waals surface area contributed by atoms with Gasteiger partial charge in [-0.1, -0.05) is 0 Å². The first-order valence-electron chi connectivity index (χ1n) is 3.74. The Morgan fingerprint density at radius 3 is 1.81 bits per heavy atom. The lowest BCUT2D eigenvalue weighted by Crippen LogP contribution is -2.13. The van der Waals surface area contributed by atoms with Gasteiger partial charge in [0.05, 0.1) is 5.56 Å². The topological polar surface area (TPSA) is 20.2 Å². The van der Waals surface area contributed by atoms with Gasteiger partial charge in [-0.05, 0) is 12.1 Å². The number of benzene rings is 1. The summed E-state index contributed by atoms with van der Waals surface area (Å²) in [6, 6.07) is 0.679.